The largest absolute Gasteiger partial charge is 0.282 e. The summed E-state index contributed by atoms with van der Waals surface area (Å²) >= 11 is 0. The summed E-state index contributed by atoms with van der Waals surface area (Å²) in [5.41, 5.74) is 0. The van der Waals surface area contributed by atoms with E-state index in [2.05, 4.69) is 10.6 Å². The Bertz CT molecular complexity index is 415. The Morgan fingerprint density at radius 1 is 1.56 bits per heavy atom. The lowest BCUT2D eigenvalue weighted by Crippen LogP contribution is -2.39. The van der Waals surface area contributed by atoms with Gasteiger partial charge in [0, 0.05) is 11.8 Å². The second-order valence-electron chi connectivity index (χ2n) is 4.93. The van der Waals surface area contributed by atoms with Gasteiger partial charge in [-0.25, -0.2) is 13.0 Å². The van der Waals surface area contributed by atoms with Gasteiger partial charge in [0.15, 0.2) is 0 Å². The third-order valence-electron chi connectivity index (χ3n) is 3.52. The Morgan fingerprint density at radius 3 is 2.50 bits per heavy atom. The van der Waals surface area contributed by atoms with E-state index in [1.165, 1.54) is 0 Å². The minimum Gasteiger partial charge on any atom is -0.282 e. The molecular formula is C10H15F2NO2S. The van der Waals surface area contributed by atoms with Crippen LogP contribution in [0.15, 0.2) is 0 Å². The molecule has 0 bridgehead atoms. The van der Waals surface area contributed by atoms with Crippen LogP contribution in [0.4, 0.5) is 8.78 Å². The van der Waals surface area contributed by atoms with Crippen molar-refractivity contribution in [1.29, 1.82) is 0 Å². The molecule has 1 N–H and O–H groups in total. The van der Waals surface area contributed by atoms with Crippen LogP contribution in [0.5, 0.6) is 0 Å². The molecule has 1 amide bonds. The van der Waals surface area contributed by atoms with Crippen LogP contribution in [0.2, 0.25) is 0 Å². The fourth-order valence-corrected chi connectivity index (χ4v) is 3.15. The summed E-state index contributed by atoms with van der Waals surface area (Å²) in [5, 5.41) is 0. The van der Waals surface area contributed by atoms with Crippen LogP contribution in [0, 0.1) is 11.8 Å². The first-order valence-corrected chi connectivity index (χ1v) is 6.96. The standard InChI is InChI=1S/C10H15F2NO2S/c1-10(3-4-10)16(2,15)13-9(14)7-5-6(7)8(11)12/h6-8H,2-5H2,1H3,(H,13,14,15)/t6-,7+,16?/m1/s1. The van der Waals surface area contributed by atoms with Crippen LogP contribution in [0.25, 0.3) is 0 Å². The molecule has 0 heterocycles. The van der Waals surface area contributed by atoms with Crippen molar-refractivity contribution >= 4 is 21.5 Å². The number of halogens is 2. The second kappa shape index (κ2) is 3.42. The minimum atomic E-state index is -2.68. The number of alkyl halides is 2. The first-order valence-electron chi connectivity index (χ1n) is 5.23. The SMILES string of the molecule is C=S(=O)(NC(=O)[C@H]1C[C@H]1C(F)F)C1(C)CC1. The van der Waals surface area contributed by atoms with Gasteiger partial charge in [0.1, 0.15) is 0 Å². The maximum absolute atomic E-state index is 12.2. The Labute approximate surface area is 93.7 Å². The highest BCUT2D eigenvalue weighted by Gasteiger charge is 2.52. The van der Waals surface area contributed by atoms with E-state index in [0.29, 0.717) is 0 Å². The summed E-state index contributed by atoms with van der Waals surface area (Å²) in [7, 11) is -2.68. The Balaban J connectivity index is 1.94. The molecule has 0 spiro atoms. The molecule has 3 atom stereocenters. The van der Waals surface area contributed by atoms with Gasteiger partial charge in [-0.3, -0.25) is 9.52 Å². The summed E-state index contributed by atoms with van der Waals surface area (Å²) in [6.07, 6.45) is -0.750. The van der Waals surface area contributed by atoms with Crippen molar-refractivity contribution in [3.63, 3.8) is 0 Å². The number of carbonyl (C=O) groups excluding carboxylic acids is 1. The molecule has 0 aromatic carbocycles. The van der Waals surface area contributed by atoms with Crippen molar-refractivity contribution in [2.45, 2.75) is 37.4 Å². The number of amides is 1. The van der Waals surface area contributed by atoms with Gasteiger partial charge in [0.2, 0.25) is 12.3 Å². The molecule has 0 saturated heterocycles. The third-order valence-corrected chi connectivity index (χ3v) is 6.05. The second-order valence-corrected chi connectivity index (χ2v) is 7.47. The molecule has 0 aromatic rings. The number of hydrogen-bond acceptors (Lipinski definition) is 2. The molecule has 16 heavy (non-hydrogen) atoms. The number of nitrogens with one attached hydrogen (secondary N) is 1. The summed E-state index contributed by atoms with van der Waals surface area (Å²) in [6.45, 7) is 1.79. The lowest BCUT2D eigenvalue weighted by molar-refractivity contribution is -0.121. The van der Waals surface area contributed by atoms with E-state index in [0.717, 1.165) is 12.8 Å². The van der Waals surface area contributed by atoms with Crippen LogP contribution in [-0.4, -0.2) is 27.2 Å². The van der Waals surface area contributed by atoms with Crippen LogP contribution < -0.4 is 4.72 Å². The van der Waals surface area contributed by atoms with Gasteiger partial charge in [0.25, 0.3) is 0 Å². The summed E-state index contributed by atoms with van der Waals surface area (Å²) in [4.78, 5) is 11.5. The lowest BCUT2D eigenvalue weighted by atomic mass is 10.3. The van der Waals surface area contributed by atoms with E-state index in [1.807, 2.05) is 0 Å². The highest BCUT2D eigenvalue weighted by atomic mass is 32.2. The van der Waals surface area contributed by atoms with Gasteiger partial charge in [-0.05, 0) is 32.1 Å². The number of carbonyl (C=O) groups is 1. The van der Waals surface area contributed by atoms with Gasteiger partial charge in [-0.1, -0.05) is 0 Å². The Morgan fingerprint density at radius 2 is 2.12 bits per heavy atom. The molecule has 2 rings (SSSR count). The molecule has 3 nitrogen and oxygen atoms in total. The predicted molar refractivity (Wildman–Crippen MR) is 58.6 cm³/mol. The van der Waals surface area contributed by atoms with E-state index in [1.54, 1.807) is 6.92 Å². The monoisotopic (exact) mass is 251 g/mol. The predicted octanol–water partition coefficient (Wildman–Crippen LogP) is 1.19. The zero-order valence-corrected chi connectivity index (χ0v) is 9.86. The Kier molecular flexibility index (Phi) is 2.53. The summed E-state index contributed by atoms with van der Waals surface area (Å²) in [5.74, 6) is 1.47. The van der Waals surface area contributed by atoms with Gasteiger partial charge in [0.05, 0.1) is 14.5 Å². The smallest absolute Gasteiger partial charge is 0.242 e. The zero-order valence-electron chi connectivity index (χ0n) is 9.04. The lowest BCUT2D eigenvalue weighted by Gasteiger charge is -2.17. The average Bonchev–Trinajstić information content (AvgIpc) is 2.93. The highest BCUT2D eigenvalue weighted by molar-refractivity contribution is 8.00. The fourth-order valence-electron chi connectivity index (χ4n) is 1.66. The zero-order chi connectivity index (χ0) is 12.1. The molecule has 2 aliphatic carbocycles. The van der Waals surface area contributed by atoms with Crippen molar-refractivity contribution in [2.75, 3.05) is 0 Å². The molecule has 2 aliphatic rings. The number of rotatable bonds is 4. The van der Waals surface area contributed by atoms with Crippen LogP contribution >= 0.6 is 0 Å². The molecule has 6 heteroatoms. The van der Waals surface area contributed by atoms with E-state index < -0.39 is 38.6 Å². The summed E-state index contributed by atoms with van der Waals surface area (Å²) in [6, 6.07) is 0. The highest BCUT2D eigenvalue weighted by Crippen LogP contribution is 2.45. The topological polar surface area (TPSA) is 46.2 Å². The minimum absolute atomic E-state index is 0.190. The molecule has 92 valence electrons. The van der Waals surface area contributed by atoms with Crippen molar-refractivity contribution in [1.82, 2.24) is 4.72 Å². The maximum atomic E-state index is 12.2. The number of hydrogen-bond donors (Lipinski definition) is 1. The van der Waals surface area contributed by atoms with Crippen LogP contribution in [0.3, 0.4) is 0 Å². The van der Waals surface area contributed by atoms with Crippen LogP contribution in [0.1, 0.15) is 26.2 Å². The maximum Gasteiger partial charge on any atom is 0.242 e. The molecule has 1 unspecified atom stereocenters. The van der Waals surface area contributed by atoms with E-state index in [9.17, 15) is 17.8 Å². The molecule has 0 radical (unpaired) electrons. The van der Waals surface area contributed by atoms with Crippen molar-refractivity contribution in [3.8, 4) is 0 Å². The third kappa shape index (κ3) is 1.95. The van der Waals surface area contributed by atoms with E-state index in [4.69, 9.17) is 0 Å². The van der Waals surface area contributed by atoms with Crippen molar-refractivity contribution in [3.05, 3.63) is 0 Å². The van der Waals surface area contributed by atoms with E-state index >= 15 is 0 Å². The summed E-state index contributed by atoms with van der Waals surface area (Å²) < 4.78 is 38.5. The quantitative estimate of drug-likeness (QED) is 0.763. The first kappa shape index (κ1) is 11.8. The average molecular weight is 251 g/mol. The van der Waals surface area contributed by atoms with E-state index in [-0.39, 0.29) is 6.42 Å². The Hall–Kier alpha value is -0.650. The van der Waals surface area contributed by atoms with Crippen molar-refractivity contribution in [2.24, 2.45) is 11.8 Å². The normalized spacial score (nSPS) is 34.2. The molecule has 0 aliphatic heterocycles. The van der Waals surface area contributed by atoms with Gasteiger partial charge in [-0.15, -0.1) is 0 Å². The van der Waals surface area contributed by atoms with Crippen molar-refractivity contribution < 1.29 is 17.8 Å². The van der Waals surface area contributed by atoms with Gasteiger partial charge < -0.3 is 0 Å². The van der Waals surface area contributed by atoms with Gasteiger partial charge >= 0.3 is 0 Å². The van der Waals surface area contributed by atoms with Crippen LogP contribution in [-0.2, 0) is 14.5 Å². The molecule has 0 aromatic heterocycles. The fraction of sp³-hybridized carbons (Fsp3) is 0.800. The first-order chi connectivity index (χ1) is 7.27. The molecule has 2 saturated carbocycles. The van der Waals surface area contributed by atoms with Gasteiger partial charge in [-0.2, -0.15) is 0 Å². The molecule has 2 fully saturated rings. The molecular weight excluding hydrogens is 236 g/mol.